The SMILES string of the molecule is CCCCn1c(N2CCC(C)CC2)c(/C=C2\SC(=S)N(CC(C)C)C2=O)c(C)c(C#N)c1=O. The van der Waals surface area contributed by atoms with Gasteiger partial charge in [-0.3, -0.25) is 19.1 Å². The van der Waals surface area contributed by atoms with Gasteiger partial charge in [0.15, 0.2) is 0 Å². The predicted octanol–water partition coefficient (Wildman–Crippen LogP) is 4.92. The second kappa shape index (κ2) is 10.9. The summed E-state index contributed by atoms with van der Waals surface area (Å²) in [5.41, 5.74) is 1.35. The van der Waals surface area contributed by atoms with Gasteiger partial charge in [-0.15, -0.1) is 0 Å². The van der Waals surface area contributed by atoms with E-state index in [-0.39, 0.29) is 17.0 Å². The number of rotatable bonds is 7. The molecule has 0 spiro atoms. The highest BCUT2D eigenvalue weighted by Gasteiger charge is 2.33. The van der Waals surface area contributed by atoms with Crippen molar-refractivity contribution in [3.8, 4) is 6.07 Å². The Kier molecular flexibility index (Phi) is 8.41. The molecule has 178 valence electrons. The number of nitriles is 1. The van der Waals surface area contributed by atoms with Gasteiger partial charge in [0.2, 0.25) is 0 Å². The molecule has 2 aliphatic rings. The zero-order chi connectivity index (χ0) is 24.3. The molecule has 0 aromatic carbocycles. The number of carbonyl (C=O) groups is 1. The quantitative estimate of drug-likeness (QED) is 0.402. The van der Waals surface area contributed by atoms with Crippen LogP contribution < -0.4 is 10.5 Å². The summed E-state index contributed by atoms with van der Waals surface area (Å²) >= 11 is 6.80. The van der Waals surface area contributed by atoms with Gasteiger partial charge < -0.3 is 4.90 Å². The van der Waals surface area contributed by atoms with Crippen LogP contribution >= 0.6 is 24.0 Å². The van der Waals surface area contributed by atoms with Crippen LogP contribution in [0.25, 0.3) is 6.08 Å². The molecule has 3 rings (SSSR count). The molecular formula is C25H34N4O2S2. The molecule has 2 saturated heterocycles. The maximum atomic E-state index is 13.3. The number of thiocarbonyl (C=S) groups is 1. The summed E-state index contributed by atoms with van der Waals surface area (Å²) < 4.78 is 2.33. The molecular weight excluding hydrogens is 452 g/mol. The van der Waals surface area contributed by atoms with Gasteiger partial charge in [0.1, 0.15) is 21.8 Å². The van der Waals surface area contributed by atoms with Crippen molar-refractivity contribution < 1.29 is 4.79 Å². The van der Waals surface area contributed by atoms with Gasteiger partial charge in [-0.1, -0.05) is 58.1 Å². The first-order chi connectivity index (χ1) is 15.7. The van der Waals surface area contributed by atoms with Crippen LogP contribution in [-0.4, -0.2) is 39.3 Å². The molecule has 3 heterocycles. The van der Waals surface area contributed by atoms with E-state index in [0.29, 0.717) is 39.7 Å². The number of nitrogens with zero attached hydrogens (tertiary/aromatic N) is 4. The lowest BCUT2D eigenvalue weighted by Crippen LogP contribution is -2.39. The van der Waals surface area contributed by atoms with Gasteiger partial charge in [-0.2, -0.15) is 5.26 Å². The minimum absolute atomic E-state index is 0.0962. The van der Waals surface area contributed by atoms with Gasteiger partial charge in [-0.25, -0.2) is 0 Å². The molecule has 8 heteroatoms. The summed E-state index contributed by atoms with van der Waals surface area (Å²) in [5.74, 6) is 1.69. The van der Waals surface area contributed by atoms with Crippen LogP contribution in [0.5, 0.6) is 0 Å². The van der Waals surface area contributed by atoms with E-state index >= 15 is 0 Å². The van der Waals surface area contributed by atoms with Crippen LogP contribution in [0.15, 0.2) is 9.70 Å². The van der Waals surface area contributed by atoms with E-state index < -0.39 is 0 Å². The standard InChI is InChI=1S/C25H34N4O2S2/c1-6-7-10-28-22(27-11-8-17(4)9-12-27)19(18(5)20(14-26)23(28)30)13-21-24(31)29(15-16(2)3)25(32)33-21/h13,16-17H,6-12,15H2,1-5H3/b21-13-. The molecule has 6 nitrogen and oxygen atoms in total. The second-order valence-corrected chi connectivity index (χ2v) is 11.2. The number of anilines is 1. The molecule has 1 amide bonds. The number of pyridine rings is 1. The fourth-order valence-corrected chi connectivity index (χ4v) is 5.64. The largest absolute Gasteiger partial charge is 0.357 e. The topological polar surface area (TPSA) is 69.3 Å². The lowest BCUT2D eigenvalue weighted by molar-refractivity contribution is -0.122. The zero-order valence-electron chi connectivity index (χ0n) is 20.3. The van der Waals surface area contributed by atoms with E-state index in [4.69, 9.17) is 12.2 Å². The number of amides is 1. The van der Waals surface area contributed by atoms with Gasteiger partial charge in [0, 0.05) is 31.7 Å². The lowest BCUT2D eigenvalue weighted by Gasteiger charge is -2.35. The van der Waals surface area contributed by atoms with Crippen LogP contribution in [0, 0.1) is 30.1 Å². The molecule has 0 saturated carbocycles. The summed E-state index contributed by atoms with van der Waals surface area (Å²) in [6, 6.07) is 2.13. The van der Waals surface area contributed by atoms with E-state index in [1.807, 2.05) is 13.0 Å². The Morgan fingerprint density at radius 3 is 2.52 bits per heavy atom. The molecule has 0 aliphatic carbocycles. The van der Waals surface area contributed by atoms with Gasteiger partial charge >= 0.3 is 0 Å². The average Bonchev–Trinajstić information content (AvgIpc) is 3.03. The van der Waals surface area contributed by atoms with Crippen molar-refractivity contribution >= 4 is 46.1 Å². The monoisotopic (exact) mass is 486 g/mol. The Bertz CT molecular complexity index is 1060. The van der Waals surface area contributed by atoms with Crippen molar-refractivity contribution in [3.63, 3.8) is 0 Å². The molecule has 1 aromatic heterocycles. The second-order valence-electron chi connectivity index (χ2n) is 9.52. The summed E-state index contributed by atoms with van der Waals surface area (Å²) in [4.78, 5) is 31.0. The van der Waals surface area contributed by atoms with Gasteiger partial charge in [0.25, 0.3) is 11.5 Å². The summed E-state index contributed by atoms with van der Waals surface area (Å²) in [5, 5.41) is 9.81. The van der Waals surface area contributed by atoms with E-state index in [1.165, 1.54) is 11.8 Å². The van der Waals surface area contributed by atoms with Gasteiger partial charge in [0.05, 0.1) is 4.91 Å². The molecule has 0 bridgehead atoms. The first-order valence-corrected chi connectivity index (χ1v) is 13.1. The number of unbranched alkanes of at least 4 members (excludes halogenated alkanes) is 1. The Morgan fingerprint density at radius 1 is 1.27 bits per heavy atom. The normalized spacial score (nSPS) is 18.6. The van der Waals surface area contributed by atoms with E-state index in [2.05, 4.69) is 38.7 Å². The third-order valence-electron chi connectivity index (χ3n) is 6.36. The molecule has 2 aliphatic heterocycles. The maximum Gasteiger partial charge on any atom is 0.270 e. The number of hydrogen-bond acceptors (Lipinski definition) is 6. The van der Waals surface area contributed by atoms with Crippen molar-refractivity contribution in [3.05, 3.63) is 31.9 Å². The number of carbonyl (C=O) groups excluding carboxylic acids is 1. The third kappa shape index (κ3) is 5.36. The molecule has 0 atom stereocenters. The zero-order valence-corrected chi connectivity index (χ0v) is 21.9. The van der Waals surface area contributed by atoms with Gasteiger partial charge in [-0.05, 0) is 49.7 Å². The van der Waals surface area contributed by atoms with E-state index in [0.717, 1.165) is 50.2 Å². The van der Waals surface area contributed by atoms with Crippen molar-refractivity contribution in [2.24, 2.45) is 11.8 Å². The van der Waals surface area contributed by atoms with Crippen LogP contribution in [0.1, 0.15) is 70.1 Å². The first kappa shape index (κ1) is 25.5. The van der Waals surface area contributed by atoms with Crippen molar-refractivity contribution in [2.45, 2.75) is 66.8 Å². The summed E-state index contributed by atoms with van der Waals surface area (Å²) in [6.45, 7) is 13.1. The number of piperidine rings is 1. The van der Waals surface area contributed by atoms with E-state index in [9.17, 15) is 14.9 Å². The van der Waals surface area contributed by atoms with Crippen molar-refractivity contribution in [1.82, 2.24) is 9.47 Å². The molecule has 2 fully saturated rings. The molecule has 0 N–H and O–H groups in total. The minimum Gasteiger partial charge on any atom is -0.357 e. The first-order valence-electron chi connectivity index (χ1n) is 11.9. The molecule has 0 radical (unpaired) electrons. The Labute approximate surface area is 206 Å². The fraction of sp³-hybridized carbons (Fsp3) is 0.600. The molecule has 1 aromatic rings. The predicted molar refractivity (Wildman–Crippen MR) is 140 cm³/mol. The Morgan fingerprint density at radius 2 is 1.94 bits per heavy atom. The Balaban J connectivity index is 2.20. The highest BCUT2D eigenvalue weighted by Crippen LogP contribution is 2.37. The third-order valence-corrected chi connectivity index (χ3v) is 7.74. The van der Waals surface area contributed by atoms with Crippen LogP contribution in [0.2, 0.25) is 0 Å². The van der Waals surface area contributed by atoms with Crippen molar-refractivity contribution in [2.75, 3.05) is 24.5 Å². The average molecular weight is 487 g/mol. The fourth-order valence-electron chi connectivity index (χ4n) is 4.38. The van der Waals surface area contributed by atoms with Crippen LogP contribution in [-0.2, 0) is 11.3 Å². The minimum atomic E-state index is -0.235. The Hall–Kier alpha value is -2.11. The maximum absolute atomic E-state index is 13.3. The molecule has 33 heavy (non-hydrogen) atoms. The summed E-state index contributed by atoms with van der Waals surface area (Å²) in [6.07, 6.45) is 5.77. The smallest absolute Gasteiger partial charge is 0.270 e. The highest BCUT2D eigenvalue weighted by molar-refractivity contribution is 8.26. The molecule has 0 unspecified atom stereocenters. The van der Waals surface area contributed by atoms with Crippen LogP contribution in [0.4, 0.5) is 5.82 Å². The van der Waals surface area contributed by atoms with Crippen molar-refractivity contribution in [1.29, 1.82) is 5.26 Å². The number of hydrogen-bond donors (Lipinski definition) is 0. The van der Waals surface area contributed by atoms with E-state index in [1.54, 1.807) is 9.47 Å². The summed E-state index contributed by atoms with van der Waals surface area (Å²) in [7, 11) is 0. The number of aromatic nitrogens is 1. The number of thioether (sulfide) groups is 1. The lowest BCUT2D eigenvalue weighted by atomic mass is 9.97. The highest BCUT2D eigenvalue weighted by atomic mass is 32.2. The van der Waals surface area contributed by atoms with Crippen LogP contribution in [0.3, 0.4) is 0 Å².